The van der Waals surface area contributed by atoms with Gasteiger partial charge < -0.3 is 15.2 Å². The molecule has 1 amide bonds. The molecule has 0 aromatic rings. The van der Waals surface area contributed by atoms with Crippen LogP contribution < -0.4 is 5.73 Å². The van der Waals surface area contributed by atoms with Crippen LogP contribution in [0, 0.1) is 5.92 Å². The van der Waals surface area contributed by atoms with Crippen molar-refractivity contribution in [1.29, 1.82) is 0 Å². The number of rotatable bonds is 8. The molecule has 0 heterocycles. The van der Waals surface area contributed by atoms with E-state index in [1.54, 1.807) is 14.2 Å². The SMILES string of the molecule is COCCC(CCOC)CC(N)=O. The van der Waals surface area contributed by atoms with Gasteiger partial charge in [-0.05, 0) is 18.8 Å². The van der Waals surface area contributed by atoms with Gasteiger partial charge in [-0.15, -0.1) is 0 Å². The quantitative estimate of drug-likeness (QED) is 0.606. The predicted octanol–water partition coefficient (Wildman–Crippen LogP) is 0.551. The van der Waals surface area contributed by atoms with Crippen molar-refractivity contribution in [2.75, 3.05) is 27.4 Å². The second-order valence-electron chi connectivity index (χ2n) is 3.10. The van der Waals surface area contributed by atoms with Crippen LogP contribution in [0.2, 0.25) is 0 Å². The monoisotopic (exact) mass is 189 g/mol. The van der Waals surface area contributed by atoms with Crippen LogP contribution in [0.3, 0.4) is 0 Å². The number of nitrogens with two attached hydrogens (primary N) is 1. The lowest BCUT2D eigenvalue weighted by molar-refractivity contribution is -0.119. The van der Waals surface area contributed by atoms with Gasteiger partial charge in [0.1, 0.15) is 0 Å². The number of amides is 1. The van der Waals surface area contributed by atoms with Crippen molar-refractivity contribution < 1.29 is 14.3 Å². The molecule has 0 spiro atoms. The van der Waals surface area contributed by atoms with Gasteiger partial charge in [0.05, 0.1) is 0 Å². The Bertz CT molecular complexity index is 131. The summed E-state index contributed by atoms with van der Waals surface area (Å²) in [6.07, 6.45) is 2.15. The number of methoxy groups -OCH3 is 2. The fraction of sp³-hybridized carbons (Fsp3) is 0.889. The summed E-state index contributed by atoms with van der Waals surface area (Å²) in [5, 5.41) is 0. The zero-order chi connectivity index (χ0) is 10.1. The highest BCUT2D eigenvalue weighted by Gasteiger charge is 2.11. The molecule has 0 rings (SSSR count). The third-order valence-corrected chi connectivity index (χ3v) is 1.95. The maximum absolute atomic E-state index is 10.7. The molecule has 0 bridgehead atoms. The molecule has 4 heteroatoms. The molecule has 0 aliphatic carbocycles. The van der Waals surface area contributed by atoms with E-state index in [0.717, 1.165) is 12.8 Å². The average Bonchev–Trinajstić information content (AvgIpc) is 2.09. The van der Waals surface area contributed by atoms with Crippen LogP contribution in [0.4, 0.5) is 0 Å². The molecule has 4 nitrogen and oxygen atoms in total. The summed E-state index contributed by atoms with van der Waals surface area (Å²) in [5.74, 6) is 0.0367. The Morgan fingerprint density at radius 3 is 2.00 bits per heavy atom. The minimum absolute atomic E-state index is 0.253. The first-order valence-corrected chi connectivity index (χ1v) is 4.46. The zero-order valence-corrected chi connectivity index (χ0v) is 8.41. The smallest absolute Gasteiger partial charge is 0.217 e. The Kier molecular flexibility index (Phi) is 7.63. The summed E-state index contributed by atoms with van der Waals surface area (Å²) < 4.78 is 9.88. The van der Waals surface area contributed by atoms with Gasteiger partial charge >= 0.3 is 0 Å². The summed E-state index contributed by atoms with van der Waals surface area (Å²) in [7, 11) is 3.30. The number of carbonyl (C=O) groups is 1. The third kappa shape index (κ3) is 7.74. The minimum atomic E-state index is -0.253. The van der Waals surface area contributed by atoms with E-state index >= 15 is 0 Å². The third-order valence-electron chi connectivity index (χ3n) is 1.95. The van der Waals surface area contributed by atoms with Gasteiger partial charge in [0.25, 0.3) is 0 Å². The summed E-state index contributed by atoms with van der Waals surface area (Å²) in [5.41, 5.74) is 5.12. The molecule has 0 saturated heterocycles. The Balaban J connectivity index is 3.66. The van der Waals surface area contributed by atoms with E-state index in [9.17, 15) is 4.79 Å². The van der Waals surface area contributed by atoms with Crippen LogP contribution in [-0.2, 0) is 14.3 Å². The van der Waals surface area contributed by atoms with Crippen LogP contribution in [0.25, 0.3) is 0 Å². The van der Waals surface area contributed by atoms with E-state index in [4.69, 9.17) is 15.2 Å². The second-order valence-corrected chi connectivity index (χ2v) is 3.10. The molecule has 0 atom stereocenters. The first-order chi connectivity index (χ1) is 6.20. The number of carbonyl (C=O) groups excluding carboxylic acids is 1. The van der Waals surface area contributed by atoms with E-state index in [-0.39, 0.29) is 11.8 Å². The van der Waals surface area contributed by atoms with E-state index in [2.05, 4.69) is 0 Å². The van der Waals surface area contributed by atoms with E-state index < -0.39 is 0 Å². The molecule has 0 saturated carbocycles. The fourth-order valence-electron chi connectivity index (χ4n) is 1.20. The van der Waals surface area contributed by atoms with Gasteiger partial charge in [0, 0.05) is 33.9 Å². The molecule has 2 N–H and O–H groups in total. The minimum Gasteiger partial charge on any atom is -0.385 e. The number of ether oxygens (including phenoxy) is 2. The fourth-order valence-corrected chi connectivity index (χ4v) is 1.20. The lowest BCUT2D eigenvalue weighted by Gasteiger charge is -2.13. The number of hydrogen-bond acceptors (Lipinski definition) is 3. The highest BCUT2D eigenvalue weighted by molar-refractivity contribution is 5.73. The van der Waals surface area contributed by atoms with Crippen molar-refractivity contribution in [3.05, 3.63) is 0 Å². The lowest BCUT2D eigenvalue weighted by atomic mass is 9.98. The first-order valence-electron chi connectivity index (χ1n) is 4.46. The van der Waals surface area contributed by atoms with E-state index in [1.165, 1.54) is 0 Å². The van der Waals surface area contributed by atoms with E-state index in [0.29, 0.717) is 19.6 Å². The normalized spacial score (nSPS) is 10.7. The number of primary amides is 1. The summed E-state index contributed by atoms with van der Waals surface area (Å²) in [6, 6.07) is 0. The van der Waals surface area contributed by atoms with Gasteiger partial charge in [-0.1, -0.05) is 0 Å². The van der Waals surface area contributed by atoms with Gasteiger partial charge in [0.2, 0.25) is 5.91 Å². The zero-order valence-electron chi connectivity index (χ0n) is 8.41. The highest BCUT2D eigenvalue weighted by Crippen LogP contribution is 2.12. The Labute approximate surface area is 79.4 Å². The lowest BCUT2D eigenvalue weighted by Crippen LogP contribution is -2.18. The molecule has 0 aliphatic rings. The molecular formula is C9H19NO3. The predicted molar refractivity (Wildman–Crippen MR) is 50.3 cm³/mol. The molecule has 0 radical (unpaired) electrons. The molecule has 0 unspecified atom stereocenters. The van der Waals surface area contributed by atoms with Gasteiger partial charge in [0.15, 0.2) is 0 Å². The van der Waals surface area contributed by atoms with Crippen molar-refractivity contribution in [2.45, 2.75) is 19.3 Å². The van der Waals surface area contributed by atoms with Gasteiger partial charge in [-0.3, -0.25) is 4.79 Å². The van der Waals surface area contributed by atoms with Crippen LogP contribution in [0.15, 0.2) is 0 Å². The maximum Gasteiger partial charge on any atom is 0.217 e. The molecular weight excluding hydrogens is 170 g/mol. The van der Waals surface area contributed by atoms with Crippen molar-refractivity contribution >= 4 is 5.91 Å². The summed E-state index contributed by atoms with van der Waals surface area (Å²) in [4.78, 5) is 10.7. The average molecular weight is 189 g/mol. The standard InChI is InChI=1S/C9H19NO3/c1-12-5-3-8(4-6-13-2)7-9(10)11/h8H,3-7H2,1-2H3,(H2,10,11). The second kappa shape index (κ2) is 8.01. The molecule has 0 aromatic carbocycles. The molecule has 0 aromatic heterocycles. The van der Waals surface area contributed by atoms with Crippen molar-refractivity contribution in [1.82, 2.24) is 0 Å². The first kappa shape index (κ1) is 12.4. The highest BCUT2D eigenvalue weighted by atomic mass is 16.5. The van der Waals surface area contributed by atoms with Crippen LogP contribution >= 0.6 is 0 Å². The largest absolute Gasteiger partial charge is 0.385 e. The summed E-state index contributed by atoms with van der Waals surface area (Å²) >= 11 is 0. The Morgan fingerprint density at radius 1 is 1.23 bits per heavy atom. The van der Waals surface area contributed by atoms with Gasteiger partial charge in [-0.25, -0.2) is 0 Å². The maximum atomic E-state index is 10.7. The van der Waals surface area contributed by atoms with Crippen LogP contribution in [-0.4, -0.2) is 33.3 Å². The van der Waals surface area contributed by atoms with Crippen molar-refractivity contribution in [3.63, 3.8) is 0 Å². The molecule has 78 valence electrons. The van der Waals surface area contributed by atoms with Crippen molar-refractivity contribution in [2.24, 2.45) is 11.7 Å². The van der Waals surface area contributed by atoms with Gasteiger partial charge in [-0.2, -0.15) is 0 Å². The summed E-state index contributed by atoms with van der Waals surface area (Å²) in [6.45, 7) is 1.34. The van der Waals surface area contributed by atoms with Crippen LogP contribution in [0.1, 0.15) is 19.3 Å². The topological polar surface area (TPSA) is 61.6 Å². The molecule has 0 fully saturated rings. The molecule has 13 heavy (non-hydrogen) atoms. The van der Waals surface area contributed by atoms with Crippen LogP contribution in [0.5, 0.6) is 0 Å². The Hall–Kier alpha value is -0.610. The number of hydrogen-bond donors (Lipinski definition) is 1. The van der Waals surface area contributed by atoms with E-state index in [1.807, 2.05) is 0 Å². The molecule has 0 aliphatic heterocycles. The van der Waals surface area contributed by atoms with Crippen molar-refractivity contribution in [3.8, 4) is 0 Å². The Morgan fingerprint density at radius 2 is 1.69 bits per heavy atom.